The summed E-state index contributed by atoms with van der Waals surface area (Å²) >= 11 is 0. The van der Waals surface area contributed by atoms with E-state index < -0.39 is 0 Å². The Morgan fingerprint density at radius 2 is 1.47 bits per heavy atom. The van der Waals surface area contributed by atoms with Crippen LogP contribution in [0.3, 0.4) is 0 Å². The van der Waals surface area contributed by atoms with E-state index in [9.17, 15) is 9.18 Å². The summed E-state index contributed by atoms with van der Waals surface area (Å²) in [5, 5.41) is 12.4. The minimum atomic E-state index is -0.285. The third-order valence-electron chi connectivity index (χ3n) is 6.29. The highest BCUT2D eigenvalue weighted by atomic mass is 19.1. The molecule has 1 N–H and O–H groups in total. The van der Waals surface area contributed by atoms with Crippen LogP contribution in [0.25, 0.3) is 16.9 Å². The standard InChI is InChI=1S/C29H26FN5O/c1-19-27(21(3)34(32-19)18-23-14-10-11-17-25(23)30)31-29(36)26-20(2)35(24-15-8-5-9-16-24)33-28(26)22-12-6-4-7-13-22/h4-17H,18H2,1-3H3,(H,31,36). The van der Waals surface area contributed by atoms with E-state index in [1.807, 2.05) is 81.4 Å². The number of anilines is 1. The molecule has 6 nitrogen and oxygen atoms in total. The molecule has 0 saturated heterocycles. The number of carbonyl (C=O) groups excluding carboxylic acids is 1. The van der Waals surface area contributed by atoms with Gasteiger partial charge in [-0.15, -0.1) is 0 Å². The van der Waals surface area contributed by atoms with Gasteiger partial charge in [-0.1, -0.05) is 66.7 Å². The molecule has 0 fully saturated rings. The summed E-state index contributed by atoms with van der Waals surface area (Å²) in [5.41, 5.74) is 6.10. The number of nitrogens with one attached hydrogen (secondary N) is 1. The van der Waals surface area contributed by atoms with Gasteiger partial charge in [-0.05, 0) is 39.0 Å². The van der Waals surface area contributed by atoms with E-state index in [2.05, 4.69) is 10.4 Å². The number of aryl methyl sites for hydroxylation is 1. The first kappa shape index (κ1) is 23.2. The summed E-state index contributed by atoms with van der Waals surface area (Å²) in [6.45, 7) is 5.87. The topological polar surface area (TPSA) is 64.7 Å². The first-order chi connectivity index (χ1) is 17.4. The van der Waals surface area contributed by atoms with Gasteiger partial charge in [0.15, 0.2) is 0 Å². The van der Waals surface area contributed by atoms with E-state index in [0.717, 1.165) is 22.6 Å². The zero-order valence-electron chi connectivity index (χ0n) is 20.4. The molecular formula is C29H26FN5O. The summed E-state index contributed by atoms with van der Waals surface area (Å²) < 4.78 is 17.7. The van der Waals surface area contributed by atoms with E-state index in [0.29, 0.717) is 28.2 Å². The fourth-order valence-electron chi connectivity index (χ4n) is 4.39. The lowest BCUT2D eigenvalue weighted by atomic mass is 10.1. The van der Waals surface area contributed by atoms with Crippen LogP contribution in [0, 0.1) is 26.6 Å². The third kappa shape index (κ3) is 4.31. The number of aromatic nitrogens is 4. The molecule has 2 aromatic heterocycles. The van der Waals surface area contributed by atoms with Gasteiger partial charge in [-0.25, -0.2) is 9.07 Å². The van der Waals surface area contributed by atoms with Crippen LogP contribution in [-0.4, -0.2) is 25.5 Å². The maximum Gasteiger partial charge on any atom is 0.259 e. The maximum absolute atomic E-state index is 14.2. The average molecular weight is 480 g/mol. The van der Waals surface area contributed by atoms with E-state index in [1.54, 1.807) is 27.6 Å². The van der Waals surface area contributed by atoms with E-state index in [-0.39, 0.29) is 18.3 Å². The highest BCUT2D eigenvalue weighted by molar-refractivity contribution is 6.09. The lowest BCUT2D eigenvalue weighted by Crippen LogP contribution is -2.15. The molecule has 5 aromatic rings. The van der Waals surface area contributed by atoms with Crippen LogP contribution in [0.15, 0.2) is 84.9 Å². The van der Waals surface area contributed by atoms with Crippen LogP contribution < -0.4 is 5.32 Å². The molecule has 0 aliphatic carbocycles. The Morgan fingerprint density at radius 1 is 0.833 bits per heavy atom. The van der Waals surface area contributed by atoms with Gasteiger partial charge >= 0.3 is 0 Å². The Balaban J connectivity index is 1.53. The molecular weight excluding hydrogens is 453 g/mol. The molecule has 0 saturated carbocycles. The summed E-state index contributed by atoms with van der Waals surface area (Å²) in [5.74, 6) is -0.558. The number of halogens is 1. The number of hydrogen-bond acceptors (Lipinski definition) is 3. The van der Waals surface area contributed by atoms with Gasteiger partial charge in [-0.3, -0.25) is 9.48 Å². The normalized spacial score (nSPS) is 11.0. The number of benzene rings is 3. The fourth-order valence-corrected chi connectivity index (χ4v) is 4.39. The number of amides is 1. The van der Waals surface area contributed by atoms with Crippen molar-refractivity contribution in [3.63, 3.8) is 0 Å². The highest BCUT2D eigenvalue weighted by Gasteiger charge is 2.25. The van der Waals surface area contributed by atoms with Crippen LogP contribution in [-0.2, 0) is 6.54 Å². The van der Waals surface area contributed by atoms with Crippen molar-refractivity contribution < 1.29 is 9.18 Å². The predicted molar refractivity (Wildman–Crippen MR) is 139 cm³/mol. The molecule has 0 spiro atoms. The predicted octanol–water partition coefficient (Wildman–Crippen LogP) is 6.10. The van der Waals surface area contributed by atoms with Gasteiger partial charge in [0.25, 0.3) is 5.91 Å². The summed E-state index contributed by atoms with van der Waals surface area (Å²) in [6.07, 6.45) is 0. The zero-order valence-corrected chi connectivity index (χ0v) is 20.4. The third-order valence-corrected chi connectivity index (χ3v) is 6.29. The molecule has 0 atom stereocenters. The van der Waals surface area contributed by atoms with Gasteiger partial charge in [-0.2, -0.15) is 10.2 Å². The summed E-state index contributed by atoms with van der Waals surface area (Å²) in [7, 11) is 0. The largest absolute Gasteiger partial charge is 0.319 e. The van der Waals surface area contributed by atoms with Crippen molar-refractivity contribution in [1.29, 1.82) is 0 Å². The molecule has 0 radical (unpaired) electrons. The minimum Gasteiger partial charge on any atom is -0.319 e. The van der Waals surface area contributed by atoms with Crippen molar-refractivity contribution in [2.45, 2.75) is 27.3 Å². The van der Waals surface area contributed by atoms with Gasteiger partial charge in [0.05, 0.1) is 40.6 Å². The van der Waals surface area contributed by atoms with Crippen LogP contribution in [0.5, 0.6) is 0 Å². The number of carbonyl (C=O) groups is 1. The Morgan fingerprint density at radius 3 is 2.17 bits per heavy atom. The maximum atomic E-state index is 14.2. The second-order valence-corrected chi connectivity index (χ2v) is 8.67. The molecule has 180 valence electrons. The van der Waals surface area contributed by atoms with Crippen molar-refractivity contribution in [3.05, 3.63) is 119 Å². The number of rotatable bonds is 6. The van der Waals surface area contributed by atoms with Crippen molar-refractivity contribution in [2.24, 2.45) is 0 Å². The van der Waals surface area contributed by atoms with Crippen LogP contribution in [0.1, 0.15) is 33.0 Å². The van der Waals surface area contributed by atoms with Crippen LogP contribution in [0.4, 0.5) is 10.1 Å². The first-order valence-electron chi connectivity index (χ1n) is 11.7. The van der Waals surface area contributed by atoms with Crippen molar-refractivity contribution >= 4 is 11.6 Å². The first-order valence-corrected chi connectivity index (χ1v) is 11.7. The van der Waals surface area contributed by atoms with Crippen LogP contribution >= 0.6 is 0 Å². The molecule has 0 bridgehead atoms. The Kier molecular flexibility index (Phi) is 6.21. The SMILES string of the molecule is Cc1nn(Cc2ccccc2F)c(C)c1NC(=O)c1c(-c2ccccc2)nn(-c2ccccc2)c1C. The number of nitrogens with zero attached hydrogens (tertiary/aromatic N) is 4. The second kappa shape index (κ2) is 9.62. The summed E-state index contributed by atoms with van der Waals surface area (Å²) in [6, 6.07) is 26.0. The van der Waals surface area contributed by atoms with E-state index >= 15 is 0 Å². The fraction of sp³-hybridized carbons (Fsp3) is 0.138. The molecule has 0 aliphatic rings. The second-order valence-electron chi connectivity index (χ2n) is 8.67. The van der Waals surface area contributed by atoms with Crippen molar-refractivity contribution in [2.75, 3.05) is 5.32 Å². The van der Waals surface area contributed by atoms with Gasteiger partial charge in [0, 0.05) is 11.1 Å². The zero-order chi connectivity index (χ0) is 25.2. The highest BCUT2D eigenvalue weighted by Crippen LogP contribution is 2.29. The molecule has 2 heterocycles. The lowest BCUT2D eigenvalue weighted by Gasteiger charge is -2.09. The van der Waals surface area contributed by atoms with Gasteiger partial charge in [0.2, 0.25) is 0 Å². The van der Waals surface area contributed by atoms with E-state index in [4.69, 9.17) is 5.10 Å². The van der Waals surface area contributed by atoms with Crippen molar-refractivity contribution in [3.8, 4) is 16.9 Å². The van der Waals surface area contributed by atoms with Gasteiger partial charge in [0.1, 0.15) is 11.5 Å². The molecule has 3 aromatic carbocycles. The summed E-state index contributed by atoms with van der Waals surface area (Å²) in [4.78, 5) is 13.7. The van der Waals surface area contributed by atoms with E-state index in [1.165, 1.54) is 6.07 Å². The molecule has 36 heavy (non-hydrogen) atoms. The molecule has 1 amide bonds. The molecule has 0 unspecified atom stereocenters. The number of hydrogen-bond donors (Lipinski definition) is 1. The molecule has 0 aliphatic heterocycles. The smallest absolute Gasteiger partial charge is 0.259 e. The Hall–Kier alpha value is -4.52. The minimum absolute atomic E-state index is 0.273. The van der Waals surface area contributed by atoms with Crippen LogP contribution in [0.2, 0.25) is 0 Å². The van der Waals surface area contributed by atoms with Crippen molar-refractivity contribution in [1.82, 2.24) is 19.6 Å². The van der Waals surface area contributed by atoms with Gasteiger partial charge < -0.3 is 5.32 Å². The average Bonchev–Trinajstić information content (AvgIpc) is 3.37. The Bertz CT molecular complexity index is 1540. The molecule has 7 heteroatoms. The quantitative estimate of drug-likeness (QED) is 0.320. The lowest BCUT2D eigenvalue weighted by molar-refractivity contribution is 0.102. The number of para-hydroxylation sites is 1. The molecule has 5 rings (SSSR count). The monoisotopic (exact) mass is 479 g/mol. The Labute approximate surface area is 209 Å².